The first-order chi connectivity index (χ1) is 12.7. The van der Waals surface area contributed by atoms with Crippen LogP contribution in [0.5, 0.6) is 0 Å². The Morgan fingerprint density at radius 3 is 2.56 bits per heavy atom. The van der Waals surface area contributed by atoms with Gasteiger partial charge in [-0.3, -0.25) is 4.79 Å². The van der Waals surface area contributed by atoms with Crippen molar-refractivity contribution >= 4 is 27.5 Å². The first-order valence-electron chi connectivity index (χ1n) is 7.79. The number of halogens is 2. The molecule has 1 aliphatic heterocycles. The van der Waals surface area contributed by atoms with Gasteiger partial charge in [-0.2, -0.15) is 8.42 Å². The van der Waals surface area contributed by atoms with Crippen LogP contribution in [-0.2, 0) is 29.6 Å². The molecule has 142 valence electrons. The van der Waals surface area contributed by atoms with Crippen molar-refractivity contribution < 1.29 is 26.5 Å². The number of hydrogen-bond acceptors (Lipinski definition) is 6. The second-order valence-electron chi connectivity index (χ2n) is 5.96. The summed E-state index contributed by atoms with van der Waals surface area (Å²) in [5.41, 5.74) is 6.88. The number of carbonyl (C=O) groups is 1. The molecule has 0 aliphatic carbocycles. The Bertz CT molecular complexity index is 1030. The maximum atomic E-state index is 13.4. The van der Waals surface area contributed by atoms with E-state index in [4.69, 9.17) is 26.3 Å². The zero-order valence-corrected chi connectivity index (χ0v) is 15.7. The van der Waals surface area contributed by atoms with E-state index in [0.29, 0.717) is 16.1 Å². The van der Waals surface area contributed by atoms with Crippen molar-refractivity contribution in [3.05, 3.63) is 81.6 Å². The first-order valence-corrected chi connectivity index (χ1v) is 9.75. The van der Waals surface area contributed by atoms with Crippen molar-refractivity contribution in [3.63, 3.8) is 0 Å². The fourth-order valence-corrected chi connectivity index (χ4v) is 3.85. The number of hydrogen-bond donors (Lipinski definition) is 1. The van der Waals surface area contributed by atoms with Crippen LogP contribution in [0, 0.1) is 12.7 Å². The smallest absolute Gasteiger partial charge is 0.313 e. The molecule has 1 heterocycles. The van der Waals surface area contributed by atoms with Gasteiger partial charge in [0.05, 0.1) is 0 Å². The second-order valence-corrected chi connectivity index (χ2v) is 7.97. The predicted molar refractivity (Wildman–Crippen MR) is 96.3 cm³/mol. The molecule has 2 N–H and O–H groups in total. The minimum Gasteiger partial charge on any atom is -0.460 e. The Balaban J connectivity index is 1.79. The van der Waals surface area contributed by atoms with Gasteiger partial charge in [-0.25, -0.2) is 4.39 Å². The van der Waals surface area contributed by atoms with Crippen LogP contribution in [0.15, 0.2) is 54.1 Å². The summed E-state index contributed by atoms with van der Waals surface area (Å²) in [4.78, 5) is 12.5. The van der Waals surface area contributed by atoms with Crippen LogP contribution >= 0.6 is 11.6 Å². The summed E-state index contributed by atoms with van der Waals surface area (Å²) in [6.45, 7) is 1.64. The molecule has 6 nitrogen and oxygen atoms in total. The SMILES string of the molecule is Cc1ccc(F)cc1CS(=O)(=O)OC1=C(N)OC(c2ccc(Cl)cc2)C1=O. The monoisotopic (exact) mass is 411 g/mol. The summed E-state index contributed by atoms with van der Waals surface area (Å²) in [5.74, 6) is -2.95. The van der Waals surface area contributed by atoms with E-state index >= 15 is 0 Å². The molecule has 0 fully saturated rings. The van der Waals surface area contributed by atoms with Crippen LogP contribution < -0.4 is 5.73 Å². The molecule has 9 heteroatoms. The summed E-state index contributed by atoms with van der Waals surface area (Å²) in [5, 5.41) is 0.467. The molecule has 3 rings (SSSR count). The minimum atomic E-state index is -4.26. The molecule has 0 amide bonds. The third-order valence-electron chi connectivity index (χ3n) is 3.96. The summed E-state index contributed by atoms with van der Waals surface area (Å²) < 4.78 is 48.2. The first kappa shape index (κ1) is 19.2. The van der Waals surface area contributed by atoms with Crippen molar-refractivity contribution in [2.45, 2.75) is 18.8 Å². The fraction of sp³-hybridized carbons (Fsp3) is 0.167. The van der Waals surface area contributed by atoms with Gasteiger partial charge in [0.1, 0.15) is 11.6 Å². The van der Waals surface area contributed by atoms with Crippen LogP contribution in [0.25, 0.3) is 0 Å². The highest BCUT2D eigenvalue weighted by Gasteiger charge is 2.39. The van der Waals surface area contributed by atoms with Gasteiger partial charge in [-0.1, -0.05) is 29.8 Å². The quantitative estimate of drug-likeness (QED) is 0.759. The fourth-order valence-electron chi connectivity index (χ4n) is 2.56. The van der Waals surface area contributed by atoms with Gasteiger partial charge in [-0.15, -0.1) is 0 Å². The Morgan fingerprint density at radius 2 is 1.89 bits per heavy atom. The predicted octanol–water partition coefficient (Wildman–Crippen LogP) is 3.10. The third kappa shape index (κ3) is 4.23. The molecular weight excluding hydrogens is 397 g/mol. The van der Waals surface area contributed by atoms with Crippen molar-refractivity contribution in [1.82, 2.24) is 0 Å². The molecule has 0 aromatic heterocycles. The highest BCUT2D eigenvalue weighted by atomic mass is 35.5. The molecular formula is C18H15ClFNO5S. The summed E-state index contributed by atoms with van der Waals surface area (Å²) in [7, 11) is -4.26. The summed E-state index contributed by atoms with van der Waals surface area (Å²) in [6, 6.07) is 10.0. The number of ketones is 1. The average Bonchev–Trinajstić information content (AvgIpc) is 2.86. The minimum absolute atomic E-state index is 0.217. The second kappa shape index (κ2) is 7.21. The molecule has 1 atom stereocenters. The molecule has 0 spiro atoms. The van der Waals surface area contributed by atoms with Crippen LogP contribution in [0.2, 0.25) is 5.02 Å². The highest BCUT2D eigenvalue weighted by Crippen LogP contribution is 2.33. The highest BCUT2D eigenvalue weighted by molar-refractivity contribution is 7.86. The van der Waals surface area contributed by atoms with E-state index in [9.17, 15) is 17.6 Å². The lowest BCUT2D eigenvalue weighted by Gasteiger charge is -2.10. The van der Waals surface area contributed by atoms with E-state index in [1.807, 2.05) is 0 Å². The largest absolute Gasteiger partial charge is 0.460 e. The number of benzene rings is 2. The summed E-state index contributed by atoms with van der Waals surface area (Å²) in [6.07, 6.45) is -1.12. The lowest BCUT2D eigenvalue weighted by Crippen LogP contribution is -2.16. The Morgan fingerprint density at radius 1 is 1.22 bits per heavy atom. The number of Topliss-reactive ketones (excluding diaryl/α,β-unsaturated/α-hetero) is 1. The van der Waals surface area contributed by atoms with Crippen molar-refractivity contribution in [2.24, 2.45) is 5.73 Å². The Labute approximate surface area is 160 Å². The van der Waals surface area contributed by atoms with Gasteiger partial charge in [0.25, 0.3) is 0 Å². The molecule has 1 aliphatic rings. The van der Waals surface area contributed by atoms with E-state index in [0.717, 1.165) is 6.07 Å². The van der Waals surface area contributed by atoms with Gasteiger partial charge in [0.2, 0.25) is 17.4 Å². The van der Waals surface area contributed by atoms with E-state index in [-0.39, 0.29) is 5.56 Å². The van der Waals surface area contributed by atoms with Crippen molar-refractivity contribution in [3.8, 4) is 0 Å². The molecule has 0 saturated heterocycles. The Hall–Kier alpha value is -2.58. The number of aryl methyl sites for hydroxylation is 1. The van der Waals surface area contributed by atoms with Gasteiger partial charge in [-0.05, 0) is 42.3 Å². The number of carbonyl (C=O) groups excluding carboxylic acids is 1. The van der Waals surface area contributed by atoms with Gasteiger partial charge >= 0.3 is 10.1 Å². The molecule has 0 bridgehead atoms. The van der Waals surface area contributed by atoms with Gasteiger partial charge in [0.15, 0.2) is 6.10 Å². The van der Waals surface area contributed by atoms with E-state index in [2.05, 4.69) is 0 Å². The normalized spacial score (nSPS) is 17.1. The maximum absolute atomic E-state index is 13.4. The molecule has 1 unspecified atom stereocenters. The van der Waals surface area contributed by atoms with E-state index < -0.39 is 45.2 Å². The molecule has 2 aromatic rings. The van der Waals surface area contributed by atoms with Gasteiger partial charge < -0.3 is 14.7 Å². The van der Waals surface area contributed by atoms with Gasteiger partial charge in [0, 0.05) is 10.6 Å². The van der Waals surface area contributed by atoms with Crippen LogP contribution in [0.3, 0.4) is 0 Å². The van der Waals surface area contributed by atoms with Crippen molar-refractivity contribution in [2.75, 3.05) is 0 Å². The molecule has 0 saturated carbocycles. The Kier molecular flexibility index (Phi) is 5.12. The van der Waals surface area contributed by atoms with Crippen molar-refractivity contribution in [1.29, 1.82) is 0 Å². The van der Waals surface area contributed by atoms with Crippen LogP contribution in [0.1, 0.15) is 22.8 Å². The van der Waals surface area contributed by atoms with E-state index in [1.54, 1.807) is 31.2 Å². The lowest BCUT2D eigenvalue weighted by molar-refractivity contribution is -0.123. The lowest BCUT2D eigenvalue weighted by atomic mass is 10.1. The molecule has 0 radical (unpaired) electrons. The number of rotatable bonds is 5. The maximum Gasteiger partial charge on any atom is 0.313 e. The van der Waals surface area contributed by atoms with E-state index in [1.165, 1.54) is 12.1 Å². The summed E-state index contributed by atoms with van der Waals surface area (Å²) >= 11 is 5.81. The van der Waals surface area contributed by atoms with Crippen LogP contribution in [-0.4, -0.2) is 14.2 Å². The molecule has 27 heavy (non-hydrogen) atoms. The topological polar surface area (TPSA) is 95.7 Å². The molecule has 2 aromatic carbocycles. The standard InChI is InChI=1S/C18H15ClFNO5S/c1-10-2-7-14(20)8-12(10)9-27(23,24)26-17-15(22)16(25-18(17)21)11-3-5-13(19)6-4-11/h2-8,16H,9,21H2,1H3. The average molecular weight is 412 g/mol. The third-order valence-corrected chi connectivity index (χ3v) is 5.29. The number of nitrogens with two attached hydrogens (primary N) is 1. The number of ether oxygens (including phenoxy) is 1. The zero-order chi connectivity index (χ0) is 19.8. The van der Waals surface area contributed by atoms with Crippen LogP contribution in [0.4, 0.5) is 4.39 Å². The zero-order valence-electron chi connectivity index (χ0n) is 14.1.